The highest BCUT2D eigenvalue weighted by Gasteiger charge is 2.13. The van der Waals surface area contributed by atoms with Crippen molar-refractivity contribution in [3.8, 4) is 5.82 Å². The third kappa shape index (κ3) is 4.22. The molecule has 0 radical (unpaired) electrons. The Morgan fingerprint density at radius 1 is 1.16 bits per heavy atom. The van der Waals surface area contributed by atoms with Crippen molar-refractivity contribution in [3.05, 3.63) is 65.7 Å². The van der Waals surface area contributed by atoms with Crippen LogP contribution in [0.15, 0.2) is 48.8 Å². The minimum absolute atomic E-state index is 0.0679. The van der Waals surface area contributed by atoms with Gasteiger partial charge in [0.2, 0.25) is 0 Å². The van der Waals surface area contributed by atoms with E-state index in [0.717, 1.165) is 29.8 Å². The number of rotatable bonds is 7. The lowest BCUT2D eigenvalue weighted by Crippen LogP contribution is -2.14. The van der Waals surface area contributed by atoms with Crippen LogP contribution in [0.2, 0.25) is 0 Å². The van der Waals surface area contributed by atoms with Crippen LogP contribution in [0.1, 0.15) is 35.8 Å². The highest BCUT2D eigenvalue weighted by atomic mass is 16.2. The van der Waals surface area contributed by atoms with Crippen molar-refractivity contribution in [1.29, 1.82) is 0 Å². The molecule has 0 aliphatic heterocycles. The summed E-state index contributed by atoms with van der Waals surface area (Å²) >= 11 is 0. The minimum Gasteiger partial charge on any atom is -0.396 e. The molecule has 130 valence electrons. The maximum absolute atomic E-state index is 9.19. The molecule has 0 fully saturated rings. The first-order valence-electron chi connectivity index (χ1n) is 8.45. The molecule has 0 aliphatic rings. The van der Waals surface area contributed by atoms with Gasteiger partial charge in [0.05, 0.1) is 24.1 Å². The van der Waals surface area contributed by atoms with Crippen molar-refractivity contribution in [1.82, 2.24) is 19.7 Å². The number of aliphatic hydroxyl groups excluding tert-OH is 1. The summed E-state index contributed by atoms with van der Waals surface area (Å²) in [7, 11) is 0. The third-order valence-electron chi connectivity index (χ3n) is 4.02. The van der Waals surface area contributed by atoms with Crippen molar-refractivity contribution in [2.45, 2.75) is 32.7 Å². The highest BCUT2D eigenvalue weighted by Crippen LogP contribution is 2.23. The number of nitrogens with zero attached hydrogens (tertiary/aromatic N) is 4. The Hall–Kier alpha value is -2.73. The fraction of sp³-hybridized carbons (Fsp3) is 0.316. The van der Waals surface area contributed by atoms with Gasteiger partial charge >= 0.3 is 0 Å². The molecule has 0 saturated heterocycles. The topological polar surface area (TPSA) is 75.9 Å². The van der Waals surface area contributed by atoms with Crippen LogP contribution in [0.5, 0.6) is 0 Å². The summed E-state index contributed by atoms with van der Waals surface area (Å²) in [6.07, 6.45) is 4.95. The van der Waals surface area contributed by atoms with E-state index in [0.29, 0.717) is 11.6 Å². The molecule has 0 bridgehead atoms. The Labute approximate surface area is 147 Å². The highest BCUT2D eigenvalue weighted by molar-refractivity contribution is 5.40. The van der Waals surface area contributed by atoms with E-state index in [9.17, 15) is 5.11 Å². The smallest absolute Gasteiger partial charge is 0.174 e. The first kappa shape index (κ1) is 17.1. The van der Waals surface area contributed by atoms with Crippen molar-refractivity contribution in [2.75, 3.05) is 11.9 Å². The van der Waals surface area contributed by atoms with Gasteiger partial charge < -0.3 is 10.4 Å². The molecular formula is C19H23N5O. The van der Waals surface area contributed by atoms with E-state index in [1.165, 1.54) is 0 Å². The van der Waals surface area contributed by atoms with Gasteiger partial charge in [-0.05, 0) is 38.3 Å². The van der Waals surface area contributed by atoms with Crippen LogP contribution in [0.4, 0.5) is 5.82 Å². The molecule has 1 unspecified atom stereocenters. The molecule has 0 saturated carbocycles. The molecule has 0 amide bonds. The van der Waals surface area contributed by atoms with E-state index in [1.54, 1.807) is 17.1 Å². The fourth-order valence-corrected chi connectivity index (χ4v) is 2.87. The van der Waals surface area contributed by atoms with Gasteiger partial charge in [0.15, 0.2) is 5.82 Å². The second-order valence-corrected chi connectivity index (χ2v) is 6.07. The van der Waals surface area contributed by atoms with Crippen molar-refractivity contribution >= 4 is 5.82 Å². The lowest BCUT2D eigenvalue weighted by Gasteiger charge is -2.19. The van der Waals surface area contributed by atoms with Gasteiger partial charge in [-0.1, -0.05) is 30.3 Å². The molecule has 2 heterocycles. The standard InChI is InChI=1S/C19H23N5O/c1-14-11-15(2)24(23-14)19-13-20-12-18(22-19)21-17(9-6-10-25)16-7-4-3-5-8-16/h3-5,7-8,11-13,17,25H,6,9-10H2,1-2H3,(H,21,22). The number of hydrogen-bond acceptors (Lipinski definition) is 5. The van der Waals surface area contributed by atoms with Gasteiger partial charge in [0.1, 0.15) is 5.82 Å². The molecule has 6 heteroatoms. The maximum Gasteiger partial charge on any atom is 0.174 e. The molecule has 2 aromatic heterocycles. The number of hydrogen-bond donors (Lipinski definition) is 2. The Morgan fingerprint density at radius 3 is 2.64 bits per heavy atom. The predicted molar refractivity (Wildman–Crippen MR) is 97.8 cm³/mol. The average molecular weight is 337 g/mol. The van der Waals surface area contributed by atoms with Crippen LogP contribution in [-0.2, 0) is 0 Å². The van der Waals surface area contributed by atoms with E-state index in [2.05, 4.69) is 32.5 Å². The number of aromatic nitrogens is 4. The van der Waals surface area contributed by atoms with Crippen LogP contribution in [0, 0.1) is 13.8 Å². The quantitative estimate of drug-likeness (QED) is 0.692. The molecule has 1 aromatic carbocycles. The molecule has 2 N–H and O–H groups in total. The van der Waals surface area contributed by atoms with E-state index >= 15 is 0 Å². The average Bonchev–Trinajstić information content (AvgIpc) is 2.98. The third-order valence-corrected chi connectivity index (χ3v) is 4.02. The molecule has 0 aliphatic carbocycles. The van der Waals surface area contributed by atoms with E-state index < -0.39 is 0 Å². The summed E-state index contributed by atoms with van der Waals surface area (Å²) in [5.74, 6) is 1.38. The first-order valence-corrected chi connectivity index (χ1v) is 8.45. The Bertz CT molecular complexity index is 816. The molecule has 25 heavy (non-hydrogen) atoms. The van der Waals surface area contributed by atoms with Gasteiger partial charge in [-0.15, -0.1) is 0 Å². The second kappa shape index (κ2) is 7.90. The monoisotopic (exact) mass is 337 g/mol. The van der Waals surface area contributed by atoms with Crippen LogP contribution < -0.4 is 5.32 Å². The molecule has 6 nitrogen and oxygen atoms in total. The van der Waals surface area contributed by atoms with Crippen LogP contribution in [0.25, 0.3) is 5.82 Å². The Morgan fingerprint density at radius 2 is 1.96 bits per heavy atom. The van der Waals surface area contributed by atoms with Crippen molar-refractivity contribution < 1.29 is 5.11 Å². The first-order chi connectivity index (χ1) is 12.2. The van der Waals surface area contributed by atoms with Crippen molar-refractivity contribution in [2.24, 2.45) is 0 Å². The number of benzene rings is 1. The zero-order valence-corrected chi connectivity index (χ0v) is 14.6. The largest absolute Gasteiger partial charge is 0.396 e. The Kier molecular flexibility index (Phi) is 5.40. The fourth-order valence-electron chi connectivity index (χ4n) is 2.87. The molecule has 1 atom stereocenters. The molecule has 3 aromatic rings. The van der Waals surface area contributed by atoms with Gasteiger partial charge in [0, 0.05) is 12.3 Å². The number of nitrogens with one attached hydrogen (secondary N) is 1. The lowest BCUT2D eigenvalue weighted by molar-refractivity contribution is 0.281. The summed E-state index contributed by atoms with van der Waals surface area (Å²) in [5.41, 5.74) is 3.13. The normalized spacial score (nSPS) is 12.1. The summed E-state index contributed by atoms with van der Waals surface area (Å²) in [6, 6.07) is 12.3. The summed E-state index contributed by atoms with van der Waals surface area (Å²) in [4.78, 5) is 8.96. The minimum atomic E-state index is 0.0679. The van der Waals surface area contributed by atoms with Gasteiger partial charge in [-0.3, -0.25) is 4.98 Å². The Balaban J connectivity index is 1.85. The second-order valence-electron chi connectivity index (χ2n) is 6.07. The van der Waals surface area contributed by atoms with E-state index in [4.69, 9.17) is 0 Å². The number of anilines is 1. The zero-order chi connectivity index (χ0) is 17.6. The van der Waals surface area contributed by atoms with Crippen molar-refractivity contribution in [3.63, 3.8) is 0 Å². The van der Waals surface area contributed by atoms with E-state index in [-0.39, 0.29) is 12.6 Å². The van der Waals surface area contributed by atoms with Crippen LogP contribution in [-0.4, -0.2) is 31.5 Å². The molecular weight excluding hydrogens is 314 g/mol. The SMILES string of the molecule is Cc1cc(C)n(-c2cncc(NC(CCCO)c3ccccc3)n2)n1. The molecule has 0 spiro atoms. The maximum atomic E-state index is 9.19. The zero-order valence-electron chi connectivity index (χ0n) is 14.6. The lowest BCUT2D eigenvalue weighted by atomic mass is 10.0. The molecule has 3 rings (SSSR count). The summed E-state index contributed by atoms with van der Waals surface area (Å²) in [6.45, 7) is 4.12. The van der Waals surface area contributed by atoms with Crippen LogP contribution in [0.3, 0.4) is 0 Å². The van der Waals surface area contributed by atoms with E-state index in [1.807, 2.05) is 38.1 Å². The van der Waals surface area contributed by atoms with Gasteiger partial charge in [-0.2, -0.15) is 5.10 Å². The number of aliphatic hydroxyl groups is 1. The predicted octanol–water partition coefficient (Wildman–Crippen LogP) is 3.20. The van der Waals surface area contributed by atoms with Crippen LogP contribution >= 0.6 is 0 Å². The van der Waals surface area contributed by atoms with Gasteiger partial charge in [0.25, 0.3) is 0 Å². The van der Waals surface area contributed by atoms with Gasteiger partial charge in [-0.25, -0.2) is 9.67 Å². The summed E-state index contributed by atoms with van der Waals surface area (Å²) in [5, 5.41) is 17.1. The summed E-state index contributed by atoms with van der Waals surface area (Å²) < 4.78 is 1.79. The number of aryl methyl sites for hydroxylation is 2.